The molecule has 1 aromatic rings. The first-order valence-electron chi connectivity index (χ1n) is 2.66. The van der Waals surface area contributed by atoms with Crippen LogP contribution in [0.3, 0.4) is 0 Å². The number of nitrogens with zero attached hydrogens (tertiary/aromatic N) is 3. The smallest absolute Gasteiger partial charge is 0.0565 e. The van der Waals surface area contributed by atoms with Crippen LogP contribution in [-0.2, 0) is 6.42 Å². The van der Waals surface area contributed by atoms with Gasteiger partial charge in [0.1, 0.15) is 0 Å². The van der Waals surface area contributed by atoms with Gasteiger partial charge >= 0.3 is 0 Å². The summed E-state index contributed by atoms with van der Waals surface area (Å²) in [7, 11) is 0. The van der Waals surface area contributed by atoms with Crippen molar-refractivity contribution in [1.29, 1.82) is 0 Å². The summed E-state index contributed by atoms with van der Waals surface area (Å²) in [5.41, 5.74) is 1.04. The number of aromatic nitrogens is 3. The van der Waals surface area contributed by atoms with Crippen molar-refractivity contribution < 1.29 is 0 Å². The second-order valence-corrected chi connectivity index (χ2v) is 1.65. The zero-order valence-electron chi connectivity index (χ0n) is 4.99. The zero-order valence-corrected chi connectivity index (χ0v) is 4.99. The molecule has 0 aliphatic rings. The van der Waals surface area contributed by atoms with Crippen molar-refractivity contribution in [3.63, 3.8) is 0 Å². The molecule has 0 atom stereocenters. The molecule has 0 bridgehead atoms. The number of hydrogen-bond acceptors (Lipinski definition) is 3. The summed E-state index contributed by atoms with van der Waals surface area (Å²) in [5.74, 6) is 0. The Morgan fingerprint density at radius 1 is 1.44 bits per heavy atom. The van der Waals surface area contributed by atoms with E-state index in [1.807, 2.05) is 0 Å². The van der Waals surface area contributed by atoms with Gasteiger partial charge in [0, 0.05) is 0 Å². The first-order valence-corrected chi connectivity index (χ1v) is 2.66. The van der Waals surface area contributed by atoms with Crippen molar-refractivity contribution in [3.05, 3.63) is 30.6 Å². The van der Waals surface area contributed by atoms with E-state index >= 15 is 0 Å². The third-order valence-corrected chi connectivity index (χ3v) is 0.930. The van der Waals surface area contributed by atoms with Crippen molar-refractivity contribution in [2.75, 3.05) is 0 Å². The van der Waals surface area contributed by atoms with E-state index in [0.717, 1.165) is 12.0 Å². The summed E-state index contributed by atoms with van der Waals surface area (Å²) in [4.78, 5) is 0. The molecule has 0 fully saturated rings. The van der Waals surface area contributed by atoms with Crippen LogP contribution in [0.4, 0.5) is 0 Å². The minimum Gasteiger partial charge on any atom is -0.138 e. The SMILES string of the molecule is C=CCc1cnnnc1. The van der Waals surface area contributed by atoms with Gasteiger partial charge < -0.3 is 0 Å². The van der Waals surface area contributed by atoms with E-state index in [1.54, 1.807) is 18.5 Å². The van der Waals surface area contributed by atoms with Crippen LogP contribution in [0.15, 0.2) is 25.0 Å². The molecule has 0 unspecified atom stereocenters. The van der Waals surface area contributed by atoms with E-state index in [2.05, 4.69) is 22.0 Å². The summed E-state index contributed by atoms with van der Waals surface area (Å²) in [6.07, 6.45) is 5.96. The predicted molar refractivity (Wildman–Crippen MR) is 33.7 cm³/mol. The Morgan fingerprint density at radius 2 is 2.11 bits per heavy atom. The fraction of sp³-hybridized carbons (Fsp3) is 0.167. The second-order valence-electron chi connectivity index (χ2n) is 1.65. The summed E-state index contributed by atoms with van der Waals surface area (Å²) in [6, 6.07) is 0. The molecule has 3 nitrogen and oxygen atoms in total. The highest BCUT2D eigenvalue weighted by molar-refractivity contribution is 5.04. The lowest BCUT2D eigenvalue weighted by Gasteiger charge is -1.88. The molecule has 0 aliphatic carbocycles. The molecule has 1 heterocycles. The maximum absolute atomic E-state index is 3.59. The lowest BCUT2D eigenvalue weighted by atomic mass is 10.2. The van der Waals surface area contributed by atoms with E-state index in [-0.39, 0.29) is 0 Å². The molecular weight excluding hydrogens is 114 g/mol. The molecule has 1 rings (SSSR count). The highest BCUT2D eigenvalue weighted by Crippen LogP contribution is 1.91. The normalized spacial score (nSPS) is 8.89. The van der Waals surface area contributed by atoms with Crippen molar-refractivity contribution >= 4 is 0 Å². The Labute approximate surface area is 53.4 Å². The molecule has 0 saturated heterocycles. The van der Waals surface area contributed by atoms with Crippen molar-refractivity contribution in [3.8, 4) is 0 Å². The summed E-state index contributed by atoms with van der Waals surface area (Å²) in [5, 5.41) is 10.6. The van der Waals surface area contributed by atoms with Crippen LogP contribution in [0, 0.1) is 0 Å². The molecule has 9 heavy (non-hydrogen) atoms. The minimum atomic E-state index is 0.808. The van der Waals surface area contributed by atoms with E-state index in [9.17, 15) is 0 Å². The topological polar surface area (TPSA) is 38.7 Å². The van der Waals surface area contributed by atoms with Gasteiger partial charge in [0.05, 0.1) is 12.4 Å². The first-order chi connectivity index (χ1) is 4.43. The molecule has 0 spiro atoms. The maximum Gasteiger partial charge on any atom is 0.0565 e. The quantitative estimate of drug-likeness (QED) is 0.538. The fourth-order valence-corrected chi connectivity index (χ4v) is 0.535. The van der Waals surface area contributed by atoms with E-state index in [1.165, 1.54) is 0 Å². The van der Waals surface area contributed by atoms with Gasteiger partial charge in [-0.1, -0.05) is 6.08 Å². The van der Waals surface area contributed by atoms with Crippen LogP contribution in [-0.4, -0.2) is 15.4 Å². The van der Waals surface area contributed by atoms with Crippen LogP contribution in [0.25, 0.3) is 0 Å². The number of allylic oxidation sites excluding steroid dienone is 1. The Morgan fingerprint density at radius 3 is 2.67 bits per heavy atom. The first kappa shape index (κ1) is 5.88. The van der Waals surface area contributed by atoms with Crippen LogP contribution >= 0.6 is 0 Å². The van der Waals surface area contributed by atoms with Gasteiger partial charge in [0.2, 0.25) is 0 Å². The summed E-state index contributed by atoms with van der Waals surface area (Å²) >= 11 is 0. The zero-order chi connectivity index (χ0) is 6.53. The van der Waals surface area contributed by atoms with E-state index in [0.29, 0.717) is 0 Å². The van der Waals surface area contributed by atoms with Gasteiger partial charge in [-0.15, -0.1) is 16.8 Å². The van der Waals surface area contributed by atoms with E-state index in [4.69, 9.17) is 0 Å². The molecular formula is C6H7N3. The Bertz CT molecular complexity index is 183. The van der Waals surface area contributed by atoms with Crippen LogP contribution in [0.5, 0.6) is 0 Å². The molecule has 1 aromatic heterocycles. The lowest BCUT2D eigenvalue weighted by molar-refractivity contribution is 0.847. The van der Waals surface area contributed by atoms with Gasteiger partial charge in [0.15, 0.2) is 0 Å². The monoisotopic (exact) mass is 121 g/mol. The molecule has 0 aromatic carbocycles. The average Bonchev–Trinajstić information content (AvgIpc) is 1.91. The van der Waals surface area contributed by atoms with Crippen molar-refractivity contribution in [2.45, 2.75) is 6.42 Å². The molecule has 0 saturated carbocycles. The summed E-state index contributed by atoms with van der Waals surface area (Å²) in [6.45, 7) is 3.58. The van der Waals surface area contributed by atoms with Crippen molar-refractivity contribution in [1.82, 2.24) is 15.4 Å². The third kappa shape index (κ3) is 1.60. The van der Waals surface area contributed by atoms with Gasteiger partial charge in [-0.05, 0) is 17.2 Å². The molecule has 46 valence electrons. The Kier molecular flexibility index (Phi) is 1.90. The minimum absolute atomic E-state index is 0.808. The highest BCUT2D eigenvalue weighted by atomic mass is 15.3. The van der Waals surface area contributed by atoms with Crippen LogP contribution < -0.4 is 0 Å². The maximum atomic E-state index is 3.59. The number of hydrogen-bond donors (Lipinski definition) is 0. The highest BCUT2D eigenvalue weighted by Gasteiger charge is 1.85. The van der Waals surface area contributed by atoms with E-state index < -0.39 is 0 Å². The Hall–Kier alpha value is -1.25. The lowest BCUT2D eigenvalue weighted by Crippen LogP contribution is -1.88. The second kappa shape index (κ2) is 2.91. The molecule has 0 radical (unpaired) electrons. The molecule has 3 heteroatoms. The Balaban J connectivity index is 2.72. The van der Waals surface area contributed by atoms with Crippen LogP contribution in [0.2, 0.25) is 0 Å². The van der Waals surface area contributed by atoms with Gasteiger partial charge in [0.25, 0.3) is 0 Å². The van der Waals surface area contributed by atoms with Crippen molar-refractivity contribution in [2.24, 2.45) is 0 Å². The van der Waals surface area contributed by atoms with Gasteiger partial charge in [-0.25, -0.2) is 0 Å². The standard InChI is InChI=1S/C6H7N3/c1-2-3-6-4-7-9-8-5-6/h2,4-5H,1,3H2. The molecule has 0 N–H and O–H groups in total. The third-order valence-electron chi connectivity index (χ3n) is 0.930. The molecule has 0 aliphatic heterocycles. The predicted octanol–water partition coefficient (Wildman–Crippen LogP) is 0.600. The van der Waals surface area contributed by atoms with Crippen LogP contribution in [0.1, 0.15) is 5.56 Å². The summed E-state index contributed by atoms with van der Waals surface area (Å²) < 4.78 is 0. The fourth-order valence-electron chi connectivity index (χ4n) is 0.535. The average molecular weight is 121 g/mol. The van der Waals surface area contributed by atoms with Gasteiger partial charge in [-0.2, -0.15) is 0 Å². The van der Waals surface area contributed by atoms with Gasteiger partial charge in [-0.3, -0.25) is 0 Å². The number of rotatable bonds is 2. The molecule has 0 amide bonds. The largest absolute Gasteiger partial charge is 0.138 e.